The average molecular weight is 836 g/mol. The molecule has 288 valence electrons. The zero-order chi connectivity index (χ0) is 38.9. The van der Waals surface area contributed by atoms with E-state index >= 15 is 0 Å². The molecule has 2 aromatic carbocycles. The molecule has 1 saturated heterocycles. The number of aliphatic carboxylic acids is 1. The number of ketones is 2. The number of aromatic nitrogens is 5. The fourth-order valence-corrected chi connectivity index (χ4v) is 5.17. The van der Waals surface area contributed by atoms with Crippen LogP contribution in [-0.4, -0.2) is 91.0 Å². The maximum absolute atomic E-state index is 12.9. The third kappa shape index (κ3) is 14.8. The van der Waals surface area contributed by atoms with E-state index in [4.69, 9.17) is 19.7 Å². The zero-order valence-corrected chi connectivity index (χ0v) is 34.5. The minimum atomic E-state index is -0.833. The van der Waals surface area contributed by atoms with Crippen molar-refractivity contribution < 1.29 is 72.9 Å². The van der Waals surface area contributed by atoms with E-state index < -0.39 is 11.9 Å². The van der Waals surface area contributed by atoms with Crippen molar-refractivity contribution in [2.45, 2.75) is 40.0 Å². The Bertz CT molecular complexity index is 2070. The number of amides is 2. The first kappa shape index (κ1) is 48.3. The molecule has 7 N–H and O–H groups in total. The summed E-state index contributed by atoms with van der Waals surface area (Å²) in [5, 5.41) is 21.9. The number of fused-ring (bicyclic) bond motifs is 3. The van der Waals surface area contributed by atoms with Crippen molar-refractivity contribution in [3.05, 3.63) is 77.6 Å². The number of carboxylic acids is 1. The smallest absolute Gasteiger partial charge is 0.855 e. The Morgan fingerprint density at radius 2 is 1.56 bits per heavy atom. The number of carboxylic acid groups (broad SMARTS) is 1. The number of ether oxygens (including phenoxy) is 1. The van der Waals surface area contributed by atoms with Crippen LogP contribution in [0, 0.1) is 5.95 Å². The second kappa shape index (κ2) is 24.6. The standard InChI is InChI=1S/C17H16N4O2.C10H6BrFN2O.C5H7NO2.C2H4O2.C2H5O.H3N.Na/c1-2-23-15-9-19-13-5-3-4-10(16(13)21-15)14-8-11-12(20-14)6-7-18-17(11)22;11-4-8(15)6-2-1-3-7-10(6)14-9(12)5-13-7;7-4-1-2-6-5(8)3-4;1-2(3)4;1-2-3;;/h3-5,8-9,20H,2,6-7H2,1H3,(H,18,22);1-3,5H,4H2;1-3H2,(H,6,8);1H3,(H,3,4);2H2,1H3;1H3;/q;;;;-1;;+1. The predicted octanol–water partition coefficient (Wildman–Crippen LogP) is 0.745. The number of H-pyrrole nitrogens is 1. The van der Waals surface area contributed by atoms with Gasteiger partial charge in [-0.05, 0) is 31.2 Å². The molecule has 0 radical (unpaired) electrons. The maximum atomic E-state index is 12.9. The fourth-order valence-electron chi connectivity index (χ4n) is 4.87. The molecule has 55 heavy (non-hydrogen) atoms. The molecular weight excluding hydrogens is 794 g/mol. The number of rotatable bonds is 5. The van der Waals surface area contributed by atoms with Crippen LogP contribution in [0.1, 0.15) is 60.0 Å². The van der Waals surface area contributed by atoms with Crippen molar-refractivity contribution in [2.75, 3.05) is 31.6 Å². The van der Waals surface area contributed by atoms with E-state index in [2.05, 4.69) is 51.5 Å². The van der Waals surface area contributed by atoms with E-state index in [0.717, 1.165) is 47.5 Å². The van der Waals surface area contributed by atoms with Gasteiger partial charge in [0.1, 0.15) is 16.8 Å². The number of benzene rings is 2. The van der Waals surface area contributed by atoms with Crippen LogP contribution in [0.15, 0.2) is 54.9 Å². The molecule has 0 spiro atoms. The number of Topliss-reactive ketones (excluding diaryl/α,β-unsaturated/α-hetero) is 2. The summed E-state index contributed by atoms with van der Waals surface area (Å²) in [5.74, 6) is -1.27. The third-order valence-corrected chi connectivity index (χ3v) is 7.50. The number of halogens is 2. The molecule has 3 aromatic heterocycles. The number of piperidine rings is 1. The van der Waals surface area contributed by atoms with Gasteiger partial charge in [0.25, 0.3) is 11.9 Å². The minimum absolute atomic E-state index is 0. The van der Waals surface area contributed by atoms with Crippen molar-refractivity contribution in [3.8, 4) is 17.1 Å². The summed E-state index contributed by atoms with van der Waals surface area (Å²) >= 11 is 3.06. The predicted molar refractivity (Wildman–Crippen MR) is 200 cm³/mol. The Kier molecular flexibility index (Phi) is 21.6. The van der Waals surface area contributed by atoms with Crippen molar-refractivity contribution in [3.63, 3.8) is 0 Å². The number of hydrogen-bond acceptors (Lipinski definition) is 12. The molecule has 0 bridgehead atoms. The third-order valence-electron chi connectivity index (χ3n) is 6.99. The van der Waals surface area contributed by atoms with Gasteiger partial charge in [-0.2, -0.15) is 4.39 Å². The maximum Gasteiger partial charge on any atom is 1.00 e. The first-order valence-corrected chi connectivity index (χ1v) is 17.5. The van der Waals surface area contributed by atoms with E-state index in [1.54, 1.807) is 31.3 Å². The van der Waals surface area contributed by atoms with Gasteiger partial charge < -0.3 is 36.7 Å². The first-order chi connectivity index (χ1) is 25.4. The van der Waals surface area contributed by atoms with Crippen LogP contribution < -0.4 is 56.2 Å². The van der Waals surface area contributed by atoms with Crippen molar-refractivity contribution in [2.24, 2.45) is 0 Å². The molecule has 2 aliphatic rings. The molecule has 2 amide bonds. The van der Waals surface area contributed by atoms with Crippen LogP contribution >= 0.6 is 15.9 Å². The molecule has 5 aromatic rings. The fraction of sp³-hybridized carbons (Fsp3) is 0.306. The summed E-state index contributed by atoms with van der Waals surface area (Å²) in [6.45, 7) is 6.29. The van der Waals surface area contributed by atoms with Crippen LogP contribution in [0.5, 0.6) is 5.88 Å². The van der Waals surface area contributed by atoms with Gasteiger partial charge in [-0.25, -0.2) is 19.9 Å². The molecule has 5 heterocycles. The number of para-hydroxylation sites is 2. The van der Waals surface area contributed by atoms with Gasteiger partial charge in [-0.3, -0.25) is 24.0 Å². The van der Waals surface area contributed by atoms with Crippen LogP contribution in [0.25, 0.3) is 33.3 Å². The molecule has 2 aliphatic heterocycles. The SMILES string of the molecule is CC(=O)O.CCOc1cnc2cccc(-c3cc4c([nH]3)CCNC4=O)c2n1.CC[O-].N.O=C(CBr)c1cccc2ncc(F)nc12.O=C1CCNC(=O)C1.[Na+]. The first-order valence-electron chi connectivity index (χ1n) is 16.4. The summed E-state index contributed by atoms with van der Waals surface area (Å²) in [4.78, 5) is 73.1. The van der Waals surface area contributed by atoms with E-state index in [9.17, 15) is 23.6 Å². The van der Waals surface area contributed by atoms with E-state index in [0.29, 0.717) is 54.2 Å². The Balaban J connectivity index is 0.000000407. The van der Waals surface area contributed by atoms with Gasteiger partial charge in [-0.1, -0.05) is 41.1 Å². The molecule has 0 aliphatic carbocycles. The van der Waals surface area contributed by atoms with Crippen molar-refractivity contribution >= 4 is 67.3 Å². The summed E-state index contributed by atoms with van der Waals surface area (Å²) in [5.41, 5.74) is 6.23. The van der Waals surface area contributed by atoms with Crippen LogP contribution in [0.3, 0.4) is 0 Å². The average Bonchev–Trinajstić information content (AvgIpc) is 3.57. The van der Waals surface area contributed by atoms with Gasteiger partial charge >= 0.3 is 29.6 Å². The molecule has 7 rings (SSSR count). The van der Waals surface area contributed by atoms with Crippen molar-refractivity contribution in [1.29, 1.82) is 0 Å². The molecule has 19 heteroatoms. The second-order valence-corrected chi connectivity index (χ2v) is 11.5. The van der Waals surface area contributed by atoms with E-state index in [1.807, 2.05) is 31.2 Å². The van der Waals surface area contributed by atoms with Gasteiger partial charge in [0.05, 0.1) is 47.3 Å². The molecule has 0 atom stereocenters. The molecule has 0 unspecified atom stereocenters. The van der Waals surface area contributed by atoms with Crippen LogP contribution in [-0.2, 0) is 20.8 Å². The van der Waals surface area contributed by atoms with Gasteiger partial charge in [0, 0.05) is 55.4 Å². The van der Waals surface area contributed by atoms with Gasteiger partial charge in [0.2, 0.25) is 17.7 Å². The largest absolute Gasteiger partial charge is 1.00 e. The van der Waals surface area contributed by atoms with E-state index in [-0.39, 0.29) is 77.4 Å². The number of alkyl halides is 1. The van der Waals surface area contributed by atoms with Gasteiger partial charge in [0.15, 0.2) is 5.78 Å². The normalized spacial score (nSPS) is 12.4. The zero-order valence-electron chi connectivity index (χ0n) is 30.9. The Morgan fingerprint density at radius 1 is 0.945 bits per heavy atom. The molecular formula is C36H41BrFN8NaO8. The van der Waals surface area contributed by atoms with Crippen LogP contribution in [0.4, 0.5) is 4.39 Å². The molecule has 16 nitrogen and oxygen atoms in total. The summed E-state index contributed by atoms with van der Waals surface area (Å²) in [7, 11) is 0. The Labute approximate surface area is 346 Å². The Morgan fingerprint density at radius 3 is 2.15 bits per heavy atom. The summed E-state index contributed by atoms with van der Waals surface area (Å²) < 4.78 is 18.3. The van der Waals surface area contributed by atoms with E-state index in [1.165, 1.54) is 0 Å². The number of aromatic amines is 1. The van der Waals surface area contributed by atoms with Gasteiger partial charge in [-0.15, -0.1) is 6.61 Å². The second-order valence-electron chi connectivity index (χ2n) is 10.9. The Hall–Kier alpha value is -4.72. The number of hydrogen-bond donors (Lipinski definition) is 5. The number of nitrogens with zero attached hydrogens (tertiary/aromatic N) is 4. The van der Waals surface area contributed by atoms with Crippen LogP contribution in [0.2, 0.25) is 0 Å². The number of carbonyl (C=O) groups excluding carboxylic acids is 4. The number of nitrogens with one attached hydrogen (secondary N) is 3. The van der Waals surface area contributed by atoms with Crippen molar-refractivity contribution in [1.82, 2.24) is 41.7 Å². The number of carbonyl (C=O) groups is 5. The monoisotopic (exact) mass is 834 g/mol. The summed E-state index contributed by atoms with van der Waals surface area (Å²) in [6.07, 6.45) is 4.06. The quantitative estimate of drug-likeness (QED) is 0.0709. The topological polar surface area (TPSA) is 264 Å². The molecule has 0 saturated carbocycles. The minimum Gasteiger partial charge on any atom is -0.855 e. The molecule has 1 fully saturated rings. The summed E-state index contributed by atoms with van der Waals surface area (Å²) in [6, 6.07) is 12.7.